The first-order valence-electron chi connectivity index (χ1n) is 8.31. The maximum Gasteiger partial charge on any atom is 0.311 e. The first-order valence-corrected chi connectivity index (χ1v) is 9.53. The molecule has 0 spiro atoms. The number of hydrogen-bond donors (Lipinski definition) is 1. The van der Waals surface area contributed by atoms with Crippen LogP contribution in [0.25, 0.3) is 0 Å². The van der Waals surface area contributed by atoms with E-state index in [4.69, 9.17) is 0 Å². The predicted molar refractivity (Wildman–Crippen MR) is 95.6 cm³/mol. The van der Waals surface area contributed by atoms with Crippen LogP contribution in [0, 0.1) is 11.3 Å². The molecule has 1 N–H and O–H groups in total. The summed E-state index contributed by atoms with van der Waals surface area (Å²) in [5.74, 6) is -1.44. The molecular weight excluding hydrogens is 340 g/mol. The Morgan fingerprint density at radius 3 is 2.52 bits per heavy atom. The van der Waals surface area contributed by atoms with E-state index in [2.05, 4.69) is 0 Å². The van der Waals surface area contributed by atoms with Crippen molar-refractivity contribution in [1.29, 1.82) is 0 Å². The van der Waals surface area contributed by atoms with E-state index in [0.29, 0.717) is 19.5 Å². The average Bonchev–Trinajstić information content (AvgIpc) is 3.19. The van der Waals surface area contributed by atoms with Crippen molar-refractivity contribution in [2.75, 3.05) is 30.8 Å². The summed E-state index contributed by atoms with van der Waals surface area (Å²) in [5, 5.41) is 9.31. The highest BCUT2D eigenvalue weighted by Gasteiger charge is 2.45. The molecule has 2 saturated heterocycles. The van der Waals surface area contributed by atoms with Gasteiger partial charge < -0.3 is 14.9 Å². The number of carboxylic acid groups (broad SMARTS) is 1. The SMILES string of the molecule is CSc1ccc(N2CC(C(=O)N3CCC(C)(C(=O)O)C3)CC2=O)cc1. The van der Waals surface area contributed by atoms with Crippen LogP contribution in [-0.2, 0) is 14.4 Å². The molecule has 0 radical (unpaired) electrons. The molecule has 134 valence electrons. The number of rotatable bonds is 4. The standard InChI is InChI=1S/C18H22N2O4S/c1-18(17(23)24)7-8-19(11-18)16(22)12-9-15(21)20(10-12)13-3-5-14(25-2)6-4-13/h3-6,12H,7-11H2,1-2H3,(H,23,24). The summed E-state index contributed by atoms with van der Waals surface area (Å²) in [5.41, 5.74) is -0.0825. The zero-order valence-electron chi connectivity index (χ0n) is 14.4. The highest BCUT2D eigenvalue weighted by atomic mass is 32.2. The van der Waals surface area contributed by atoms with E-state index in [-0.39, 0.29) is 24.8 Å². The Morgan fingerprint density at radius 2 is 1.96 bits per heavy atom. The third kappa shape index (κ3) is 3.38. The van der Waals surface area contributed by atoms with Crippen LogP contribution in [0.1, 0.15) is 19.8 Å². The van der Waals surface area contributed by atoms with Crippen LogP contribution >= 0.6 is 11.8 Å². The van der Waals surface area contributed by atoms with E-state index in [0.717, 1.165) is 10.6 Å². The second-order valence-electron chi connectivity index (χ2n) is 6.98. The molecule has 25 heavy (non-hydrogen) atoms. The number of aliphatic carboxylic acids is 1. The highest BCUT2D eigenvalue weighted by Crippen LogP contribution is 2.33. The number of likely N-dealkylation sites (tertiary alicyclic amines) is 1. The summed E-state index contributed by atoms with van der Waals surface area (Å²) in [4.78, 5) is 40.8. The van der Waals surface area contributed by atoms with Crippen molar-refractivity contribution >= 4 is 35.2 Å². The van der Waals surface area contributed by atoms with E-state index in [1.807, 2.05) is 30.5 Å². The Bertz CT molecular complexity index is 706. The maximum atomic E-state index is 12.7. The third-order valence-corrected chi connectivity index (χ3v) is 5.90. The van der Waals surface area contributed by atoms with Crippen LogP contribution in [0.5, 0.6) is 0 Å². The molecule has 2 amide bonds. The molecule has 7 heteroatoms. The van der Waals surface area contributed by atoms with Crippen molar-refractivity contribution in [3.05, 3.63) is 24.3 Å². The fourth-order valence-electron chi connectivity index (χ4n) is 3.47. The van der Waals surface area contributed by atoms with Gasteiger partial charge in [0.05, 0.1) is 11.3 Å². The Labute approximate surface area is 151 Å². The lowest BCUT2D eigenvalue weighted by Crippen LogP contribution is -2.39. The van der Waals surface area contributed by atoms with Crippen LogP contribution in [0.3, 0.4) is 0 Å². The molecule has 0 saturated carbocycles. The van der Waals surface area contributed by atoms with E-state index in [1.54, 1.807) is 28.5 Å². The van der Waals surface area contributed by atoms with E-state index in [1.165, 1.54) is 0 Å². The number of carbonyl (C=O) groups excluding carboxylic acids is 2. The molecule has 2 atom stereocenters. The number of thioether (sulfide) groups is 1. The van der Waals surface area contributed by atoms with Gasteiger partial charge in [-0.1, -0.05) is 0 Å². The molecule has 2 fully saturated rings. The Hall–Kier alpha value is -2.02. The van der Waals surface area contributed by atoms with Crippen molar-refractivity contribution in [1.82, 2.24) is 4.90 Å². The van der Waals surface area contributed by atoms with Crippen LogP contribution in [0.15, 0.2) is 29.2 Å². The van der Waals surface area contributed by atoms with E-state index in [9.17, 15) is 19.5 Å². The number of nitrogens with zero attached hydrogens (tertiary/aromatic N) is 2. The van der Waals surface area contributed by atoms with Crippen molar-refractivity contribution in [3.8, 4) is 0 Å². The average molecular weight is 362 g/mol. The molecule has 0 bridgehead atoms. The number of benzene rings is 1. The lowest BCUT2D eigenvalue weighted by Gasteiger charge is -2.23. The fraction of sp³-hybridized carbons (Fsp3) is 0.500. The number of hydrogen-bond acceptors (Lipinski definition) is 4. The molecule has 2 heterocycles. The van der Waals surface area contributed by atoms with Crippen LogP contribution < -0.4 is 4.90 Å². The van der Waals surface area contributed by atoms with Crippen LogP contribution in [0.2, 0.25) is 0 Å². The van der Waals surface area contributed by atoms with Crippen molar-refractivity contribution in [3.63, 3.8) is 0 Å². The zero-order chi connectivity index (χ0) is 18.2. The predicted octanol–water partition coefficient (Wildman–Crippen LogP) is 2.08. The van der Waals surface area contributed by atoms with Gasteiger partial charge in [-0.2, -0.15) is 0 Å². The topological polar surface area (TPSA) is 77.9 Å². The summed E-state index contributed by atoms with van der Waals surface area (Å²) in [7, 11) is 0. The van der Waals surface area contributed by atoms with Gasteiger partial charge in [-0.25, -0.2) is 0 Å². The van der Waals surface area contributed by atoms with Gasteiger partial charge in [0, 0.05) is 36.6 Å². The van der Waals surface area contributed by atoms with Gasteiger partial charge >= 0.3 is 5.97 Å². The summed E-state index contributed by atoms with van der Waals surface area (Å²) in [6.07, 6.45) is 2.63. The highest BCUT2D eigenvalue weighted by molar-refractivity contribution is 7.98. The number of carboxylic acids is 1. The van der Waals surface area contributed by atoms with Gasteiger partial charge in [0.1, 0.15) is 0 Å². The van der Waals surface area contributed by atoms with Gasteiger partial charge in [0.15, 0.2) is 0 Å². The van der Waals surface area contributed by atoms with Crippen molar-refractivity contribution in [2.24, 2.45) is 11.3 Å². The van der Waals surface area contributed by atoms with Crippen LogP contribution in [-0.4, -0.2) is 53.7 Å². The smallest absolute Gasteiger partial charge is 0.311 e. The summed E-state index contributed by atoms with van der Waals surface area (Å²) in [6.45, 7) is 2.68. The van der Waals surface area contributed by atoms with Crippen LogP contribution in [0.4, 0.5) is 5.69 Å². The molecule has 1 aromatic carbocycles. The zero-order valence-corrected chi connectivity index (χ0v) is 15.2. The first-order chi connectivity index (χ1) is 11.8. The molecule has 2 aliphatic rings. The largest absolute Gasteiger partial charge is 0.481 e. The third-order valence-electron chi connectivity index (χ3n) is 5.16. The molecule has 0 aliphatic carbocycles. The molecule has 0 aromatic heterocycles. The number of amides is 2. The molecule has 3 rings (SSSR count). The summed E-state index contributed by atoms with van der Waals surface area (Å²) < 4.78 is 0. The molecule has 2 unspecified atom stereocenters. The van der Waals surface area contributed by atoms with E-state index >= 15 is 0 Å². The fourth-order valence-corrected chi connectivity index (χ4v) is 3.87. The second-order valence-corrected chi connectivity index (χ2v) is 7.86. The molecule has 1 aromatic rings. The Balaban J connectivity index is 1.68. The van der Waals surface area contributed by atoms with Gasteiger partial charge in [-0.05, 0) is 43.9 Å². The maximum absolute atomic E-state index is 12.7. The molecule has 2 aliphatic heterocycles. The quantitative estimate of drug-likeness (QED) is 0.830. The minimum atomic E-state index is -0.883. The van der Waals surface area contributed by atoms with Crippen molar-refractivity contribution in [2.45, 2.75) is 24.7 Å². The monoisotopic (exact) mass is 362 g/mol. The second kappa shape index (κ2) is 6.71. The van der Waals surface area contributed by atoms with Gasteiger partial charge in [-0.3, -0.25) is 14.4 Å². The minimum absolute atomic E-state index is 0.0598. The number of carbonyl (C=O) groups is 3. The lowest BCUT2D eigenvalue weighted by molar-refractivity contribution is -0.147. The summed E-state index contributed by atoms with van der Waals surface area (Å²) in [6, 6.07) is 7.71. The number of anilines is 1. The lowest BCUT2D eigenvalue weighted by atomic mass is 9.90. The molecule has 6 nitrogen and oxygen atoms in total. The Kier molecular flexibility index (Phi) is 4.77. The van der Waals surface area contributed by atoms with Crippen molar-refractivity contribution < 1.29 is 19.5 Å². The Morgan fingerprint density at radius 1 is 1.28 bits per heavy atom. The minimum Gasteiger partial charge on any atom is -0.481 e. The van der Waals surface area contributed by atoms with Gasteiger partial charge in [-0.15, -0.1) is 11.8 Å². The normalized spacial score (nSPS) is 26.3. The van der Waals surface area contributed by atoms with Gasteiger partial charge in [0.2, 0.25) is 11.8 Å². The molecular formula is C18H22N2O4S. The summed E-state index contributed by atoms with van der Waals surface area (Å²) >= 11 is 1.63. The first kappa shape index (κ1) is 17.8. The van der Waals surface area contributed by atoms with E-state index < -0.39 is 17.3 Å². The van der Waals surface area contributed by atoms with Gasteiger partial charge in [0.25, 0.3) is 0 Å².